The van der Waals surface area contributed by atoms with Crippen LogP contribution < -0.4 is 20.3 Å². The standard InChI is InChI=1S/C24H23N5O4S/c1-14-4-6-18(12-15(14)2)28-8-9-29-21(23(28)31)26-27-24(29)34-16(3)22(30)25-17-5-7-19-20(13-17)33-11-10-32-19/h4-9,12-13,16H,10-11H2,1-3H3,(H,25,30)/t16-/m0/s1. The van der Waals surface area contributed by atoms with Gasteiger partial charge in [-0.05, 0) is 56.2 Å². The summed E-state index contributed by atoms with van der Waals surface area (Å²) in [6.07, 6.45) is 3.42. The van der Waals surface area contributed by atoms with Crippen molar-refractivity contribution in [3.63, 3.8) is 0 Å². The first-order chi connectivity index (χ1) is 16.4. The first kappa shape index (κ1) is 22.0. The molecule has 0 fully saturated rings. The number of thioether (sulfide) groups is 1. The lowest BCUT2D eigenvalue weighted by molar-refractivity contribution is -0.115. The molecule has 174 valence electrons. The average molecular weight is 478 g/mol. The fraction of sp³-hybridized carbons (Fsp3) is 0.250. The highest BCUT2D eigenvalue weighted by atomic mass is 32.2. The smallest absolute Gasteiger partial charge is 0.300 e. The molecule has 1 amide bonds. The fourth-order valence-corrected chi connectivity index (χ4v) is 4.43. The predicted molar refractivity (Wildman–Crippen MR) is 129 cm³/mol. The normalized spacial score (nSPS) is 13.6. The number of aryl methyl sites for hydroxylation is 2. The molecule has 10 heteroatoms. The van der Waals surface area contributed by atoms with Crippen LogP contribution in [0.2, 0.25) is 0 Å². The highest BCUT2D eigenvalue weighted by molar-refractivity contribution is 8.00. The molecule has 0 aliphatic carbocycles. The Morgan fingerprint density at radius 3 is 2.62 bits per heavy atom. The number of anilines is 1. The van der Waals surface area contributed by atoms with E-state index in [4.69, 9.17) is 9.47 Å². The van der Waals surface area contributed by atoms with Crippen LogP contribution in [0.1, 0.15) is 18.1 Å². The van der Waals surface area contributed by atoms with Crippen LogP contribution in [0.4, 0.5) is 5.69 Å². The summed E-state index contributed by atoms with van der Waals surface area (Å²) in [6, 6.07) is 11.1. The number of aromatic nitrogens is 4. The monoisotopic (exact) mass is 477 g/mol. The molecule has 2 aromatic carbocycles. The Balaban J connectivity index is 1.34. The number of nitrogens with zero attached hydrogens (tertiary/aromatic N) is 4. The molecule has 0 unspecified atom stereocenters. The van der Waals surface area contributed by atoms with Crippen LogP contribution in [-0.2, 0) is 4.79 Å². The third-order valence-corrected chi connectivity index (χ3v) is 6.73. The van der Waals surface area contributed by atoms with Crippen molar-refractivity contribution in [1.82, 2.24) is 19.2 Å². The van der Waals surface area contributed by atoms with Crippen molar-refractivity contribution >= 4 is 29.0 Å². The number of hydrogen-bond acceptors (Lipinski definition) is 7. The molecule has 1 N–H and O–H groups in total. The van der Waals surface area contributed by atoms with E-state index < -0.39 is 5.25 Å². The third kappa shape index (κ3) is 4.12. The lowest BCUT2D eigenvalue weighted by atomic mass is 10.1. The van der Waals surface area contributed by atoms with Crippen LogP contribution in [-0.4, -0.2) is 43.5 Å². The van der Waals surface area contributed by atoms with Gasteiger partial charge in [0.25, 0.3) is 0 Å². The molecule has 0 radical (unpaired) electrons. The molecule has 1 atom stereocenters. The summed E-state index contributed by atoms with van der Waals surface area (Å²) in [7, 11) is 0. The van der Waals surface area contributed by atoms with E-state index in [0.29, 0.717) is 35.6 Å². The van der Waals surface area contributed by atoms with Gasteiger partial charge in [0.1, 0.15) is 13.2 Å². The summed E-state index contributed by atoms with van der Waals surface area (Å²) in [4.78, 5) is 25.8. The van der Waals surface area contributed by atoms with E-state index in [9.17, 15) is 9.59 Å². The van der Waals surface area contributed by atoms with Crippen LogP contribution >= 0.6 is 11.8 Å². The molecule has 0 bridgehead atoms. The first-order valence-corrected chi connectivity index (χ1v) is 11.7. The lowest BCUT2D eigenvalue weighted by Crippen LogP contribution is -2.23. The zero-order valence-corrected chi connectivity index (χ0v) is 19.8. The van der Waals surface area contributed by atoms with Gasteiger partial charge in [-0.25, -0.2) is 0 Å². The summed E-state index contributed by atoms with van der Waals surface area (Å²) < 4.78 is 14.2. The van der Waals surface area contributed by atoms with Crippen molar-refractivity contribution in [3.05, 3.63) is 70.3 Å². The lowest BCUT2D eigenvalue weighted by Gasteiger charge is -2.19. The zero-order chi connectivity index (χ0) is 23.8. The van der Waals surface area contributed by atoms with Gasteiger partial charge in [0.15, 0.2) is 16.7 Å². The van der Waals surface area contributed by atoms with Gasteiger partial charge in [-0.15, -0.1) is 10.2 Å². The number of carbonyl (C=O) groups excluding carboxylic acids is 1. The highest BCUT2D eigenvalue weighted by Gasteiger charge is 2.21. The molecule has 2 aromatic heterocycles. The maximum atomic E-state index is 13.0. The summed E-state index contributed by atoms with van der Waals surface area (Å²) in [5.74, 6) is 1.06. The van der Waals surface area contributed by atoms with E-state index in [1.54, 1.807) is 46.5 Å². The average Bonchev–Trinajstić information content (AvgIpc) is 3.24. The highest BCUT2D eigenvalue weighted by Crippen LogP contribution is 2.33. The first-order valence-electron chi connectivity index (χ1n) is 10.8. The summed E-state index contributed by atoms with van der Waals surface area (Å²) in [6.45, 7) is 6.79. The second-order valence-electron chi connectivity index (χ2n) is 8.03. The van der Waals surface area contributed by atoms with Crippen molar-refractivity contribution in [3.8, 4) is 17.2 Å². The summed E-state index contributed by atoms with van der Waals surface area (Å²) >= 11 is 1.22. The van der Waals surface area contributed by atoms with Gasteiger partial charge >= 0.3 is 5.56 Å². The van der Waals surface area contributed by atoms with E-state index in [1.807, 2.05) is 32.0 Å². The van der Waals surface area contributed by atoms with E-state index in [1.165, 1.54) is 11.8 Å². The number of benzene rings is 2. The minimum Gasteiger partial charge on any atom is -0.486 e. The van der Waals surface area contributed by atoms with Crippen LogP contribution in [0.25, 0.3) is 11.3 Å². The fourth-order valence-electron chi connectivity index (χ4n) is 3.60. The van der Waals surface area contributed by atoms with Gasteiger partial charge in [-0.3, -0.25) is 18.6 Å². The second kappa shape index (κ2) is 8.86. The number of fused-ring (bicyclic) bond motifs is 2. The van der Waals surface area contributed by atoms with Crippen LogP contribution in [0.3, 0.4) is 0 Å². The van der Waals surface area contributed by atoms with Gasteiger partial charge in [0.05, 0.1) is 5.25 Å². The Morgan fingerprint density at radius 1 is 1.03 bits per heavy atom. The van der Waals surface area contributed by atoms with Crippen molar-refractivity contribution in [2.75, 3.05) is 18.5 Å². The van der Waals surface area contributed by atoms with Crippen molar-refractivity contribution < 1.29 is 14.3 Å². The van der Waals surface area contributed by atoms with Gasteiger partial charge in [-0.2, -0.15) is 0 Å². The van der Waals surface area contributed by atoms with Crippen molar-refractivity contribution in [2.24, 2.45) is 0 Å². The van der Waals surface area contributed by atoms with Gasteiger partial charge < -0.3 is 14.8 Å². The molecule has 3 heterocycles. The minimum absolute atomic E-state index is 0.197. The van der Waals surface area contributed by atoms with Gasteiger partial charge in [0, 0.05) is 29.8 Å². The molecular formula is C24H23N5O4S. The minimum atomic E-state index is -0.484. The van der Waals surface area contributed by atoms with Gasteiger partial charge in [-0.1, -0.05) is 17.8 Å². The Bertz CT molecular complexity index is 1460. The van der Waals surface area contributed by atoms with E-state index in [0.717, 1.165) is 16.8 Å². The largest absolute Gasteiger partial charge is 0.486 e. The molecule has 5 rings (SSSR count). The Labute approximate surface area is 199 Å². The van der Waals surface area contributed by atoms with E-state index in [-0.39, 0.29) is 17.1 Å². The number of ether oxygens (including phenoxy) is 2. The second-order valence-corrected chi connectivity index (χ2v) is 9.33. The molecule has 1 aliphatic heterocycles. The molecular weight excluding hydrogens is 454 g/mol. The van der Waals surface area contributed by atoms with Crippen LogP contribution in [0.5, 0.6) is 11.5 Å². The molecule has 0 saturated heterocycles. The van der Waals surface area contributed by atoms with E-state index in [2.05, 4.69) is 15.5 Å². The number of nitrogens with one attached hydrogen (secondary N) is 1. The Hall–Kier alpha value is -3.79. The number of rotatable bonds is 5. The molecule has 0 spiro atoms. The quantitative estimate of drug-likeness (QED) is 0.440. The molecule has 4 aromatic rings. The maximum Gasteiger partial charge on any atom is 0.300 e. The maximum absolute atomic E-state index is 13.0. The molecule has 34 heavy (non-hydrogen) atoms. The number of amides is 1. The predicted octanol–water partition coefficient (Wildman–Crippen LogP) is 3.39. The van der Waals surface area contributed by atoms with Crippen LogP contribution in [0, 0.1) is 13.8 Å². The van der Waals surface area contributed by atoms with Crippen LogP contribution in [0.15, 0.2) is 58.7 Å². The summed E-state index contributed by atoms with van der Waals surface area (Å²) in [5.41, 5.74) is 3.55. The Morgan fingerprint density at radius 2 is 1.82 bits per heavy atom. The third-order valence-electron chi connectivity index (χ3n) is 5.67. The molecule has 0 saturated carbocycles. The SMILES string of the molecule is Cc1ccc(-n2ccn3c(S[C@@H](C)C(=O)Nc4ccc5c(c4)OCCO5)nnc3c2=O)cc1C. The Kier molecular flexibility index (Phi) is 5.74. The molecule has 1 aliphatic rings. The summed E-state index contributed by atoms with van der Waals surface area (Å²) in [5, 5.41) is 11.1. The number of carbonyl (C=O) groups is 1. The van der Waals surface area contributed by atoms with Crippen molar-refractivity contribution in [2.45, 2.75) is 31.2 Å². The van der Waals surface area contributed by atoms with Crippen molar-refractivity contribution in [1.29, 1.82) is 0 Å². The van der Waals surface area contributed by atoms with E-state index >= 15 is 0 Å². The van der Waals surface area contributed by atoms with Gasteiger partial charge in [0.2, 0.25) is 11.6 Å². The number of hydrogen-bond donors (Lipinski definition) is 1. The zero-order valence-electron chi connectivity index (χ0n) is 18.9. The topological polar surface area (TPSA) is 99.8 Å². The molecule has 9 nitrogen and oxygen atoms in total.